The van der Waals surface area contributed by atoms with E-state index in [1.807, 2.05) is 13.8 Å². The number of anilines is 1. The zero-order valence-electron chi connectivity index (χ0n) is 12.1. The summed E-state index contributed by atoms with van der Waals surface area (Å²) in [4.78, 5) is 27.2. The number of aromatic nitrogens is 1. The van der Waals surface area contributed by atoms with Crippen molar-refractivity contribution in [2.24, 2.45) is 0 Å². The Morgan fingerprint density at radius 2 is 2.20 bits per heavy atom. The molecule has 0 aliphatic rings. The van der Waals surface area contributed by atoms with Crippen molar-refractivity contribution in [2.75, 3.05) is 18.5 Å². The van der Waals surface area contributed by atoms with Gasteiger partial charge in [-0.3, -0.25) is 4.79 Å². The fraction of sp³-hybridized carbons (Fsp3) is 0.615. The number of nitrogens with zero attached hydrogens (tertiary/aromatic N) is 1. The molecule has 6 nitrogen and oxygen atoms in total. The van der Waals surface area contributed by atoms with E-state index >= 15 is 0 Å². The Bertz CT molecular complexity index is 448. The van der Waals surface area contributed by atoms with Crippen LogP contribution in [0.3, 0.4) is 0 Å². The number of ether oxygens (including phenoxy) is 1. The summed E-state index contributed by atoms with van der Waals surface area (Å²) in [7, 11) is 0. The molecule has 1 unspecified atom stereocenters. The molecule has 0 fully saturated rings. The van der Waals surface area contributed by atoms with Crippen molar-refractivity contribution in [3.05, 3.63) is 11.2 Å². The fourth-order valence-corrected chi connectivity index (χ4v) is 2.15. The largest absolute Gasteiger partial charge is 0.461 e. The molecule has 0 aliphatic heterocycles. The molecule has 1 heterocycles. The number of hydrogen-bond donors (Lipinski definition) is 2. The number of carbonyl (C=O) groups excluding carboxylic acids is 2. The van der Waals surface area contributed by atoms with Gasteiger partial charge in [-0.05, 0) is 20.3 Å². The summed E-state index contributed by atoms with van der Waals surface area (Å²) in [6.07, 6.45) is 1.26. The highest BCUT2D eigenvalue weighted by atomic mass is 32.1. The normalized spacial score (nSPS) is 11.8. The van der Waals surface area contributed by atoms with Gasteiger partial charge in [-0.25, -0.2) is 9.78 Å². The molecular weight excluding hydrogens is 278 g/mol. The zero-order chi connectivity index (χ0) is 15.0. The van der Waals surface area contributed by atoms with Crippen LogP contribution in [0.15, 0.2) is 5.51 Å². The van der Waals surface area contributed by atoms with Crippen LogP contribution in [0.25, 0.3) is 0 Å². The predicted octanol–water partition coefficient (Wildman–Crippen LogP) is 2.04. The first-order valence-electron chi connectivity index (χ1n) is 6.72. The molecule has 20 heavy (non-hydrogen) atoms. The lowest BCUT2D eigenvalue weighted by Gasteiger charge is -2.11. The molecule has 1 rings (SSSR count). The molecule has 0 aliphatic carbocycles. The second kappa shape index (κ2) is 8.52. The van der Waals surface area contributed by atoms with Gasteiger partial charge in [0.25, 0.3) is 0 Å². The Labute approximate surface area is 122 Å². The number of amides is 1. The minimum atomic E-state index is -0.444. The maximum Gasteiger partial charge on any atom is 0.360 e. The molecular formula is C13H21N3O3S. The van der Waals surface area contributed by atoms with E-state index in [0.717, 1.165) is 6.42 Å². The molecule has 0 aromatic carbocycles. The Balaban J connectivity index is 2.41. The third-order valence-corrected chi connectivity index (χ3v) is 3.48. The van der Waals surface area contributed by atoms with Gasteiger partial charge in [-0.2, -0.15) is 0 Å². The second-order valence-electron chi connectivity index (χ2n) is 4.30. The van der Waals surface area contributed by atoms with Crippen molar-refractivity contribution in [3.8, 4) is 0 Å². The summed E-state index contributed by atoms with van der Waals surface area (Å²) in [6, 6.07) is 0.181. The highest BCUT2D eigenvalue weighted by Crippen LogP contribution is 2.20. The molecule has 112 valence electrons. The molecule has 0 bridgehead atoms. The van der Waals surface area contributed by atoms with E-state index in [1.165, 1.54) is 11.3 Å². The van der Waals surface area contributed by atoms with Gasteiger partial charge < -0.3 is 15.4 Å². The van der Waals surface area contributed by atoms with Crippen molar-refractivity contribution in [2.45, 2.75) is 39.7 Å². The Hall–Kier alpha value is -1.63. The number of hydrogen-bond acceptors (Lipinski definition) is 6. The molecule has 2 N–H and O–H groups in total. The topological polar surface area (TPSA) is 80.3 Å². The SMILES string of the molecule is CCOC(=O)c1ncsc1NCCC(=O)NC(C)CC. The van der Waals surface area contributed by atoms with Gasteiger partial charge in [-0.15, -0.1) is 11.3 Å². The van der Waals surface area contributed by atoms with E-state index < -0.39 is 5.97 Å². The van der Waals surface area contributed by atoms with Crippen LogP contribution < -0.4 is 10.6 Å². The number of thiazole rings is 1. The average Bonchev–Trinajstić information content (AvgIpc) is 2.87. The standard InChI is InChI=1S/C13H21N3O3S/c1-4-9(3)16-10(17)6-7-14-12-11(15-8-20-12)13(18)19-5-2/h8-9,14H,4-7H2,1-3H3,(H,16,17). The van der Waals surface area contributed by atoms with Gasteiger partial charge in [0.2, 0.25) is 5.91 Å². The second-order valence-corrected chi connectivity index (χ2v) is 5.16. The maximum absolute atomic E-state index is 11.6. The van der Waals surface area contributed by atoms with Crippen LogP contribution in [-0.2, 0) is 9.53 Å². The van der Waals surface area contributed by atoms with E-state index in [4.69, 9.17) is 4.74 Å². The Morgan fingerprint density at radius 3 is 2.85 bits per heavy atom. The summed E-state index contributed by atoms with van der Waals surface area (Å²) in [5.74, 6) is -0.450. The molecule has 1 aromatic rings. The zero-order valence-corrected chi connectivity index (χ0v) is 12.9. The molecule has 1 amide bonds. The average molecular weight is 299 g/mol. The van der Waals surface area contributed by atoms with E-state index in [-0.39, 0.29) is 17.6 Å². The van der Waals surface area contributed by atoms with Gasteiger partial charge in [0.15, 0.2) is 5.69 Å². The third kappa shape index (κ3) is 5.16. The lowest BCUT2D eigenvalue weighted by Crippen LogP contribution is -2.32. The van der Waals surface area contributed by atoms with Gasteiger partial charge in [0.05, 0.1) is 12.1 Å². The van der Waals surface area contributed by atoms with Crippen LogP contribution in [0.1, 0.15) is 44.1 Å². The number of nitrogens with one attached hydrogen (secondary N) is 2. The van der Waals surface area contributed by atoms with Crippen LogP contribution in [-0.4, -0.2) is 36.1 Å². The van der Waals surface area contributed by atoms with E-state index in [2.05, 4.69) is 15.6 Å². The van der Waals surface area contributed by atoms with Crippen LogP contribution in [0, 0.1) is 0 Å². The van der Waals surface area contributed by atoms with E-state index in [9.17, 15) is 9.59 Å². The third-order valence-electron chi connectivity index (χ3n) is 2.69. The van der Waals surface area contributed by atoms with Crippen LogP contribution in [0.2, 0.25) is 0 Å². The molecule has 7 heteroatoms. The molecule has 0 spiro atoms. The van der Waals surface area contributed by atoms with Crippen molar-refractivity contribution in [1.29, 1.82) is 0 Å². The maximum atomic E-state index is 11.6. The molecule has 0 radical (unpaired) electrons. The van der Waals surface area contributed by atoms with Crippen LogP contribution >= 0.6 is 11.3 Å². The summed E-state index contributed by atoms with van der Waals surface area (Å²) >= 11 is 1.32. The lowest BCUT2D eigenvalue weighted by molar-refractivity contribution is -0.121. The number of carbonyl (C=O) groups is 2. The summed E-state index contributed by atoms with van der Waals surface area (Å²) < 4.78 is 4.91. The fourth-order valence-electron chi connectivity index (χ4n) is 1.46. The Kier molecular flexibility index (Phi) is 7.00. The number of rotatable bonds is 8. The first-order chi connectivity index (χ1) is 9.58. The highest BCUT2D eigenvalue weighted by molar-refractivity contribution is 7.14. The van der Waals surface area contributed by atoms with Gasteiger partial charge in [-0.1, -0.05) is 6.92 Å². The van der Waals surface area contributed by atoms with Crippen molar-refractivity contribution >= 4 is 28.2 Å². The molecule has 0 saturated carbocycles. The van der Waals surface area contributed by atoms with Crippen LogP contribution in [0.4, 0.5) is 5.00 Å². The summed E-state index contributed by atoms with van der Waals surface area (Å²) in [5, 5.41) is 6.57. The van der Waals surface area contributed by atoms with Gasteiger partial charge in [0, 0.05) is 19.0 Å². The smallest absolute Gasteiger partial charge is 0.360 e. The minimum absolute atomic E-state index is 0.00551. The molecule has 1 atom stereocenters. The summed E-state index contributed by atoms with van der Waals surface area (Å²) in [6.45, 7) is 6.50. The first-order valence-corrected chi connectivity index (χ1v) is 7.60. The van der Waals surface area contributed by atoms with Crippen LogP contribution in [0.5, 0.6) is 0 Å². The summed E-state index contributed by atoms with van der Waals surface area (Å²) in [5.41, 5.74) is 1.85. The quantitative estimate of drug-likeness (QED) is 0.718. The highest BCUT2D eigenvalue weighted by Gasteiger charge is 2.16. The lowest BCUT2D eigenvalue weighted by atomic mass is 10.2. The van der Waals surface area contributed by atoms with Crippen molar-refractivity contribution in [1.82, 2.24) is 10.3 Å². The first kappa shape index (κ1) is 16.4. The minimum Gasteiger partial charge on any atom is -0.461 e. The molecule has 0 saturated heterocycles. The van der Waals surface area contributed by atoms with Gasteiger partial charge >= 0.3 is 5.97 Å². The predicted molar refractivity (Wildman–Crippen MR) is 79.1 cm³/mol. The molecule has 1 aromatic heterocycles. The van der Waals surface area contributed by atoms with Crippen molar-refractivity contribution in [3.63, 3.8) is 0 Å². The van der Waals surface area contributed by atoms with E-state index in [0.29, 0.717) is 24.6 Å². The monoisotopic (exact) mass is 299 g/mol. The van der Waals surface area contributed by atoms with E-state index in [1.54, 1.807) is 12.4 Å². The van der Waals surface area contributed by atoms with Crippen molar-refractivity contribution < 1.29 is 14.3 Å². The Morgan fingerprint density at radius 1 is 1.45 bits per heavy atom. The number of esters is 1. The van der Waals surface area contributed by atoms with Gasteiger partial charge in [0.1, 0.15) is 5.00 Å².